The summed E-state index contributed by atoms with van der Waals surface area (Å²) in [5, 5.41) is 5.39. The Hall–Kier alpha value is -1.83. The predicted octanol–water partition coefficient (Wildman–Crippen LogP) is 2.36. The fraction of sp³-hybridized carbons (Fsp3) is 0.389. The average Bonchev–Trinajstić information content (AvgIpc) is 2.94. The molecule has 8 heteroatoms. The molecule has 1 aliphatic rings. The third kappa shape index (κ3) is 3.95. The van der Waals surface area contributed by atoms with Crippen LogP contribution in [-0.4, -0.2) is 62.6 Å². The van der Waals surface area contributed by atoms with Crippen molar-refractivity contribution in [1.82, 2.24) is 10.0 Å². The zero-order valence-electron chi connectivity index (χ0n) is 14.7. The van der Waals surface area contributed by atoms with Gasteiger partial charge in [0, 0.05) is 29.9 Å². The average molecular weight is 397 g/mol. The standard InChI is InChI=1S/C18H21ClN2O4S/c1-20(2)21(13-9-10-26(23,24)12-13)18(22)11-25-17-8-7-16(19)14-5-3-4-6-15(14)17/h3-8,13H,9-12H2,1-2H3/t13-/m0/s1. The van der Waals surface area contributed by atoms with Gasteiger partial charge in [0.15, 0.2) is 16.4 Å². The minimum absolute atomic E-state index is 0.0131. The van der Waals surface area contributed by atoms with Gasteiger partial charge in [-0.25, -0.2) is 13.4 Å². The SMILES string of the molecule is CN(C)N(C(=O)COc1ccc(Cl)c2ccccc12)[C@H]1CCS(=O)(=O)C1. The third-order valence-electron chi connectivity index (χ3n) is 4.42. The largest absolute Gasteiger partial charge is 0.483 e. The van der Waals surface area contributed by atoms with Crippen LogP contribution < -0.4 is 4.74 Å². The fourth-order valence-electron chi connectivity index (χ4n) is 3.29. The molecule has 0 aromatic heterocycles. The van der Waals surface area contributed by atoms with Gasteiger partial charge in [0.2, 0.25) is 0 Å². The van der Waals surface area contributed by atoms with Gasteiger partial charge in [-0.15, -0.1) is 0 Å². The molecule has 0 aliphatic carbocycles. The summed E-state index contributed by atoms with van der Waals surface area (Å²) in [7, 11) is 0.361. The van der Waals surface area contributed by atoms with Gasteiger partial charge < -0.3 is 4.74 Å². The Morgan fingerprint density at radius 1 is 1.19 bits per heavy atom. The number of amides is 1. The first kappa shape index (κ1) is 18.9. The smallest absolute Gasteiger partial charge is 0.275 e. The van der Waals surface area contributed by atoms with Crippen LogP contribution in [0.5, 0.6) is 5.75 Å². The van der Waals surface area contributed by atoms with Crippen molar-refractivity contribution in [3.63, 3.8) is 0 Å². The van der Waals surface area contributed by atoms with E-state index in [1.807, 2.05) is 24.3 Å². The van der Waals surface area contributed by atoms with E-state index in [4.69, 9.17) is 16.3 Å². The second-order valence-corrected chi connectivity index (χ2v) is 9.16. The zero-order valence-corrected chi connectivity index (χ0v) is 16.3. The summed E-state index contributed by atoms with van der Waals surface area (Å²) < 4.78 is 29.2. The Balaban J connectivity index is 1.76. The molecule has 1 aliphatic heterocycles. The third-order valence-corrected chi connectivity index (χ3v) is 6.50. The van der Waals surface area contributed by atoms with E-state index < -0.39 is 9.84 Å². The van der Waals surface area contributed by atoms with Crippen LogP contribution in [0.15, 0.2) is 36.4 Å². The van der Waals surface area contributed by atoms with E-state index >= 15 is 0 Å². The molecule has 3 rings (SSSR count). The molecule has 1 fully saturated rings. The molecule has 1 heterocycles. The maximum atomic E-state index is 12.7. The van der Waals surface area contributed by atoms with Gasteiger partial charge in [-0.3, -0.25) is 9.80 Å². The van der Waals surface area contributed by atoms with E-state index in [-0.39, 0.29) is 30.1 Å². The Kier molecular flexibility index (Phi) is 5.41. The Bertz CT molecular complexity index is 930. The highest BCUT2D eigenvalue weighted by molar-refractivity contribution is 7.91. The minimum atomic E-state index is -3.08. The zero-order chi connectivity index (χ0) is 18.9. The first-order valence-corrected chi connectivity index (χ1v) is 10.5. The second-order valence-electron chi connectivity index (χ2n) is 6.52. The highest BCUT2D eigenvalue weighted by Crippen LogP contribution is 2.31. The number of hydrogen-bond acceptors (Lipinski definition) is 5. The Morgan fingerprint density at radius 3 is 2.50 bits per heavy atom. The monoisotopic (exact) mass is 396 g/mol. The van der Waals surface area contributed by atoms with E-state index in [2.05, 4.69) is 0 Å². The number of fused-ring (bicyclic) bond motifs is 1. The molecule has 6 nitrogen and oxygen atoms in total. The summed E-state index contributed by atoms with van der Waals surface area (Å²) in [5.41, 5.74) is 0. The van der Waals surface area contributed by atoms with Crippen molar-refractivity contribution in [1.29, 1.82) is 0 Å². The summed E-state index contributed by atoms with van der Waals surface area (Å²) in [6.07, 6.45) is 0.441. The number of carbonyl (C=O) groups excluding carboxylic acids is 1. The van der Waals surface area contributed by atoms with Crippen molar-refractivity contribution in [3.8, 4) is 5.75 Å². The van der Waals surface area contributed by atoms with Crippen LogP contribution in [0.3, 0.4) is 0 Å². The Labute approximate surface area is 158 Å². The van der Waals surface area contributed by atoms with Crippen molar-refractivity contribution in [2.75, 3.05) is 32.2 Å². The molecule has 0 radical (unpaired) electrons. The maximum Gasteiger partial charge on any atom is 0.275 e. The molecule has 0 saturated carbocycles. The molecule has 1 amide bonds. The van der Waals surface area contributed by atoms with Crippen LogP contribution in [0.25, 0.3) is 10.8 Å². The lowest BCUT2D eigenvalue weighted by Crippen LogP contribution is -2.51. The van der Waals surface area contributed by atoms with E-state index in [9.17, 15) is 13.2 Å². The van der Waals surface area contributed by atoms with Gasteiger partial charge in [-0.2, -0.15) is 0 Å². The highest BCUT2D eigenvalue weighted by atomic mass is 35.5. The molecule has 1 saturated heterocycles. The van der Waals surface area contributed by atoms with E-state index in [0.717, 1.165) is 10.8 Å². The maximum absolute atomic E-state index is 12.7. The number of nitrogens with zero attached hydrogens (tertiary/aromatic N) is 2. The van der Waals surface area contributed by atoms with E-state index in [0.29, 0.717) is 17.2 Å². The molecule has 2 aromatic rings. The number of sulfone groups is 1. The Morgan fingerprint density at radius 2 is 1.88 bits per heavy atom. The first-order valence-electron chi connectivity index (χ1n) is 8.28. The molecule has 0 spiro atoms. The number of carbonyl (C=O) groups is 1. The van der Waals surface area contributed by atoms with Crippen molar-refractivity contribution < 1.29 is 17.9 Å². The molecule has 0 unspecified atom stereocenters. The molecular weight excluding hydrogens is 376 g/mol. The molecule has 1 atom stereocenters. The fourth-order valence-corrected chi connectivity index (χ4v) is 5.21. The predicted molar refractivity (Wildman–Crippen MR) is 102 cm³/mol. The van der Waals surface area contributed by atoms with Crippen LogP contribution in [0, 0.1) is 0 Å². The molecule has 0 N–H and O–H groups in total. The number of hydrogen-bond donors (Lipinski definition) is 0. The topological polar surface area (TPSA) is 66.9 Å². The lowest BCUT2D eigenvalue weighted by molar-refractivity contribution is -0.151. The minimum Gasteiger partial charge on any atom is -0.483 e. The summed E-state index contributed by atoms with van der Waals surface area (Å²) in [5.74, 6) is 0.380. The van der Waals surface area contributed by atoms with Crippen molar-refractivity contribution >= 4 is 38.1 Å². The molecule has 26 heavy (non-hydrogen) atoms. The first-order chi connectivity index (χ1) is 12.3. The van der Waals surface area contributed by atoms with Gasteiger partial charge in [-0.1, -0.05) is 35.9 Å². The lowest BCUT2D eigenvalue weighted by atomic mass is 10.1. The van der Waals surface area contributed by atoms with Crippen LogP contribution in [0.1, 0.15) is 6.42 Å². The van der Waals surface area contributed by atoms with Crippen LogP contribution in [-0.2, 0) is 14.6 Å². The lowest BCUT2D eigenvalue weighted by Gasteiger charge is -2.33. The molecule has 2 aromatic carbocycles. The number of hydrazine groups is 1. The summed E-state index contributed by atoms with van der Waals surface area (Å²) in [6, 6.07) is 10.7. The van der Waals surface area contributed by atoms with E-state index in [1.54, 1.807) is 31.2 Å². The molecule has 0 bridgehead atoms. The van der Waals surface area contributed by atoms with Gasteiger partial charge >= 0.3 is 0 Å². The normalized spacial score (nSPS) is 19.0. The molecule has 140 valence electrons. The van der Waals surface area contributed by atoms with Gasteiger partial charge in [0.1, 0.15) is 5.75 Å². The highest BCUT2D eigenvalue weighted by Gasteiger charge is 2.36. The van der Waals surface area contributed by atoms with Gasteiger partial charge in [-0.05, 0) is 18.6 Å². The van der Waals surface area contributed by atoms with Crippen LogP contribution >= 0.6 is 11.6 Å². The number of halogens is 1. The van der Waals surface area contributed by atoms with Crippen molar-refractivity contribution in [2.24, 2.45) is 0 Å². The quantitative estimate of drug-likeness (QED) is 0.726. The van der Waals surface area contributed by atoms with Gasteiger partial charge in [0.25, 0.3) is 5.91 Å². The molecular formula is C18H21ClN2O4S. The van der Waals surface area contributed by atoms with Gasteiger partial charge in [0.05, 0.1) is 17.5 Å². The van der Waals surface area contributed by atoms with Crippen LogP contribution in [0.2, 0.25) is 5.02 Å². The number of ether oxygens (including phenoxy) is 1. The second kappa shape index (κ2) is 7.42. The van der Waals surface area contributed by atoms with Crippen LogP contribution in [0.4, 0.5) is 0 Å². The van der Waals surface area contributed by atoms with Crippen molar-refractivity contribution in [3.05, 3.63) is 41.4 Å². The summed E-state index contributed by atoms with van der Waals surface area (Å²) in [6.45, 7) is -0.180. The van der Waals surface area contributed by atoms with E-state index in [1.165, 1.54) is 5.01 Å². The summed E-state index contributed by atoms with van der Waals surface area (Å²) in [4.78, 5) is 12.7. The summed E-state index contributed by atoms with van der Waals surface area (Å²) >= 11 is 6.20. The van der Waals surface area contributed by atoms with Crippen molar-refractivity contribution in [2.45, 2.75) is 12.5 Å². The number of benzene rings is 2. The number of rotatable bonds is 5.